The van der Waals surface area contributed by atoms with Crippen LogP contribution in [-0.4, -0.2) is 19.1 Å². The summed E-state index contributed by atoms with van der Waals surface area (Å²) in [6.45, 7) is 3.61. The summed E-state index contributed by atoms with van der Waals surface area (Å²) >= 11 is 11.9. The average molecular weight is 386 g/mol. The molecule has 0 aromatic heterocycles. The molecule has 0 fully saturated rings. The molecule has 7 heteroatoms. The van der Waals surface area contributed by atoms with Crippen LogP contribution < -0.4 is 15.4 Å². The number of hydrogen-bond donors (Lipinski definition) is 2. The van der Waals surface area contributed by atoms with Gasteiger partial charge in [-0.2, -0.15) is 0 Å². The third kappa shape index (κ3) is 4.84. The molecule has 25 heavy (non-hydrogen) atoms. The molecule has 0 unspecified atom stereocenters. The Balaban J connectivity index is 2.07. The van der Waals surface area contributed by atoms with E-state index in [1.165, 1.54) is 12.1 Å². The van der Waals surface area contributed by atoms with Crippen LogP contribution in [0, 0.1) is 5.82 Å². The number of nitrogens with two attached hydrogens (primary N) is 1. The first-order valence-corrected chi connectivity index (χ1v) is 8.52. The Hall–Kier alpha value is -1.82. The van der Waals surface area contributed by atoms with Gasteiger partial charge in [0.05, 0.1) is 22.8 Å². The molecule has 0 saturated carbocycles. The van der Waals surface area contributed by atoms with Crippen LogP contribution in [0.4, 0.5) is 10.1 Å². The Morgan fingerprint density at radius 1 is 1.20 bits per heavy atom. The summed E-state index contributed by atoms with van der Waals surface area (Å²) in [6.07, 6.45) is 0. The molecule has 0 aliphatic heterocycles. The van der Waals surface area contributed by atoms with Gasteiger partial charge in [-0.3, -0.25) is 4.79 Å². The maximum atomic E-state index is 13.7. The molecule has 3 N–H and O–H groups in total. The number of methoxy groups -OCH3 is 1. The molecule has 2 aromatic rings. The van der Waals surface area contributed by atoms with Gasteiger partial charge in [0.2, 0.25) is 0 Å². The number of carbonyl (C=O) groups excluding carboxylic acids is 1. The van der Waals surface area contributed by atoms with Gasteiger partial charge in [-0.1, -0.05) is 35.3 Å². The maximum absolute atomic E-state index is 13.7. The number of ether oxygens (including phenoxy) is 1. The van der Waals surface area contributed by atoms with Crippen LogP contribution in [0.2, 0.25) is 10.0 Å². The molecule has 0 bridgehead atoms. The van der Waals surface area contributed by atoms with Crippen LogP contribution in [0.25, 0.3) is 0 Å². The summed E-state index contributed by atoms with van der Waals surface area (Å²) in [7, 11) is 1.54. The zero-order chi connectivity index (χ0) is 18.6. The van der Waals surface area contributed by atoms with Crippen LogP contribution in [0.3, 0.4) is 0 Å². The molecule has 2 atom stereocenters. The van der Waals surface area contributed by atoms with E-state index >= 15 is 0 Å². The van der Waals surface area contributed by atoms with Crippen molar-refractivity contribution in [3.8, 4) is 5.75 Å². The number of quaternary nitrogens is 1. The topological polar surface area (TPSA) is 54.9 Å². The minimum atomic E-state index is -0.535. The van der Waals surface area contributed by atoms with Gasteiger partial charge in [-0.25, -0.2) is 4.39 Å². The molecule has 1 amide bonds. The number of halogens is 3. The third-order valence-electron chi connectivity index (χ3n) is 3.89. The fourth-order valence-electron chi connectivity index (χ4n) is 2.51. The van der Waals surface area contributed by atoms with Crippen molar-refractivity contribution in [2.24, 2.45) is 0 Å². The van der Waals surface area contributed by atoms with Crippen molar-refractivity contribution < 1.29 is 19.2 Å². The number of anilines is 1. The van der Waals surface area contributed by atoms with Gasteiger partial charge >= 0.3 is 0 Å². The van der Waals surface area contributed by atoms with Crippen molar-refractivity contribution in [3.05, 3.63) is 57.8 Å². The van der Waals surface area contributed by atoms with E-state index in [0.717, 1.165) is 0 Å². The molecular formula is C18H20Cl2FN2O2+. The van der Waals surface area contributed by atoms with E-state index in [4.69, 9.17) is 27.9 Å². The van der Waals surface area contributed by atoms with Crippen molar-refractivity contribution in [1.29, 1.82) is 0 Å². The van der Waals surface area contributed by atoms with E-state index in [0.29, 0.717) is 22.0 Å². The van der Waals surface area contributed by atoms with Crippen molar-refractivity contribution in [1.82, 2.24) is 0 Å². The van der Waals surface area contributed by atoms with Crippen LogP contribution in [0.15, 0.2) is 36.4 Å². The highest BCUT2D eigenvalue weighted by Crippen LogP contribution is 2.27. The summed E-state index contributed by atoms with van der Waals surface area (Å²) in [6, 6.07) is 9.19. The molecule has 134 valence electrons. The second-order valence-corrected chi connectivity index (χ2v) is 6.56. The van der Waals surface area contributed by atoms with Crippen molar-refractivity contribution in [2.75, 3.05) is 12.4 Å². The summed E-state index contributed by atoms with van der Waals surface area (Å²) in [5, 5.41) is 4.98. The molecular weight excluding hydrogens is 366 g/mol. The van der Waals surface area contributed by atoms with E-state index in [-0.39, 0.29) is 17.0 Å². The molecule has 0 saturated heterocycles. The number of rotatable bonds is 6. The standard InChI is InChI=1S/C18H19Cl2FN2O2/c1-10(12-8-15(21)14(20)9-13(12)19)22-11(2)18(24)23-16-6-4-5-7-17(16)25-3/h4-11,22H,1-3H3,(H,23,24)/p+1/t10-,11-/m0/s1. The van der Waals surface area contributed by atoms with Crippen molar-refractivity contribution in [3.63, 3.8) is 0 Å². The number of nitrogens with one attached hydrogen (secondary N) is 1. The fraction of sp³-hybridized carbons (Fsp3) is 0.278. The van der Waals surface area contributed by atoms with Crippen molar-refractivity contribution in [2.45, 2.75) is 25.9 Å². The Labute approximate surface area is 156 Å². The molecule has 0 aliphatic rings. The quantitative estimate of drug-likeness (QED) is 0.743. The zero-order valence-electron chi connectivity index (χ0n) is 14.1. The second kappa shape index (κ2) is 8.52. The number of hydrogen-bond acceptors (Lipinski definition) is 2. The van der Waals surface area contributed by atoms with E-state index < -0.39 is 11.9 Å². The second-order valence-electron chi connectivity index (χ2n) is 5.75. The molecule has 0 radical (unpaired) electrons. The minimum absolute atomic E-state index is 0.0251. The van der Waals surface area contributed by atoms with E-state index in [9.17, 15) is 9.18 Å². The molecule has 2 rings (SSSR count). The lowest BCUT2D eigenvalue weighted by Crippen LogP contribution is -2.91. The van der Waals surface area contributed by atoms with Crippen molar-refractivity contribution >= 4 is 34.8 Å². The number of amides is 1. The van der Waals surface area contributed by atoms with Crippen LogP contribution >= 0.6 is 23.2 Å². The first kappa shape index (κ1) is 19.5. The van der Waals surface area contributed by atoms with Crippen LogP contribution in [-0.2, 0) is 4.79 Å². The number of carbonyl (C=O) groups is 1. The van der Waals surface area contributed by atoms with E-state index in [2.05, 4.69) is 5.32 Å². The lowest BCUT2D eigenvalue weighted by molar-refractivity contribution is -0.709. The van der Waals surface area contributed by atoms with Gasteiger partial charge < -0.3 is 15.4 Å². The Morgan fingerprint density at radius 2 is 1.88 bits per heavy atom. The lowest BCUT2D eigenvalue weighted by Gasteiger charge is -2.18. The summed E-state index contributed by atoms with van der Waals surface area (Å²) in [5.41, 5.74) is 1.18. The molecule has 0 aliphatic carbocycles. The van der Waals surface area contributed by atoms with Gasteiger partial charge in [-0.05, 0) is 38.1 Å². The van der Waals surface area contributed by atoms with Gasteiger partial charge in [0.1, 0.15) is 17.6 Å². The highest BCUT2D eigenvalue weighted by Gasteiger charge is 2.23. The number of para-hydroxylation sites is 2. The molecule has 0 heterocycles. The first-order chi connectivity index (χ1) is 11.8. The van der Waals surface area contributed by atoms with Crippen LogP contribution in [0.5, 0.6) is 5.75 Å². The highest BCUT2D eigenvalue weighted by atomic mass is 35.5. The third-order valence-corrected chi connectivity index (χ3v) is 4.50. The predicted molar refractivity (Wildman–Crippen MR) is 97.8 cm³/mol. The fourth-order valence-corrected chi connectivity index (χ4v) is 3.06. The van der Waals surface area contributed by atoms with Crippen LogP contribution in [0.1, 0.15) is 25.5 Å². The largest absolute Gasteiger partial charge is 0.495 e. The van der Waals surface area contributed by atoms with E-state index in [1.54, 1.807) is 31.5 Å². The monoisotopic (exact) mass is 385 g/mol. The normalized spacial score (nSPS) is 13.2. The van der Waals surface area contributed by atoms with Gasteiger partial charge in [0.15, 0.2) is 6.04 Å². The summed E-state index contributed by atoms with van der Waals surface area (Å²) < 4.78 is 18.9. The Kier molecular flexibility index (Phi) is 6.64. The summed E-state index contributed by atoms with van der Waals surface area (Å²) in [5.74, 6) is -0.145. The SMILES string of the molecule is COc1ccccc1NC(=O)[C@H](C)[NH2+][C@@H](C)c1cc(F)c(Cl)cc1Cl. The Morgan fingerprint density at radius 3 is 2.56 bits per heavy atom. The first-order valence-electron chi connectivity index (χ1n) is 7.76. The molecule has 4 nitrogen and oxygen atoms in total. The minimum Gasteiger partial charge on any atom is -0.495 e. The average Bonchev–Trinajstić information content (AvgIpc) is 2.58. The van der Waals surface area contributed by atoms with Gasteiger partial charge in [-0.15, -0.1) is 0 Å². The van der Waals surface area contributed by atoms with Gasteiger partial charge in [0, 0.05) is 5.56 Å². The Bertz CT molecular complexity index is 771. The highest BCUT2D eigenvalue weighted by molar-refractivity contribution is 6.35. The zero-order valence-corrected chi connectivity index (χ0v) is 15.7. The molecule has 2 aromatic carbocycles. The lowest BCUT2D eigenvalue weighted by atomic mass is 10.1. The van der Waals surface area contributed by atoms with Gasteiger partial charge in [0.25, 0.3) is 5.91 Å². The number of benzene rings is 2. The maximum Gasteiger partial charge on any atom is 0.282 e. The summed E-state index contributed by atoms with van der Waals surface area (Å²) in [4.78, 5) is 12.4. The predicted octanol–water partition coefficient (Wildman–Crippen LogP) is 3.79. The smallest absolute Gasteiger partial charge is 0.282 e. The molecule has 0 spiro atoms. The van der Waals surface area contributed by atoms with E-state index in [1.807, 2.05) is 19.1 Å².